The van der Waals surface area contributed by atoms with Gasteiger partial charge >= 0.3 is 0 Å². The summed E-state index contributed by atoms with van der Waals surface area (Å²) in [6.07, 6.45) is 0. The summed E-state index contributed by atoms with van der Waals surface area (Å²) in [5.41, 5.74) is 5.00. The smallest absolute Gasteiger partial charge is 0.284 e. The predicted molar refractivity (Wildman–Crippen MR) is 73.8 cm³/mol. The Balaban J connectivity index is 3.16. The number of nitro groups is 1. The van der Waals surface area contributed by atoms with Gasteiger partial charge in [-0.3, -0.25) is 14.9 Å². The van der Waals surface area contributed by atoms with Gasteiger partial charge in [-0.2, -0.15) is 0 Å². The number of nitrogens with zero attached hydrogens (tertiary/aromatic N) is 2. The van der Waals surface area contributed by atoms with E-state index < -0.39 is 10.8 Å². The fourth-order valence-electron chi connectivity index (χ4n) is 1.08. The molecule has 0 spiro atoms. The van der Waals surface area contributed by atoms with Crippen molar-refractivity contribution in [3.8, 4) is 0 Å². The Kier molecular flexibility index (Phi) is 4.62. The van der Waals surface area contributed by atoms with Crippen LogP contribution in [0.4, 0.5) is 5.69 Å². The lowest BCUT2D eigenvalue weighted by molar-refractivity contribution is -0.387. The highest BCUT2D eigenvalue weighted by atomic mass is 32.2. The SMILES string of the molecule is CN(C)C(=S)Sc1ccc(C(N)=O)cc1[N+](=O)[O-]. The first-order valence-corrected chi connectivity index (χ1v) is 6.02. The minimum atomic E-state index is -0.704. The van der Waals surface area contributed by atoms with Crippen molar-refractivity contribution in [1.82, 2.24) is 4.90 Å². The maximum Gasteiger partial charge on any atom is 0.284 e. The Morgan fingerprint density at radius 1 is 1.50 bits per heavy atom. The molecule has 6 nitrogen and oxygen atoms in total. The standard InChI is InChI=1S/C10H11N3O3S2/c1-12(2)10(17)18-8-4-3-6(9(11)14)5-7(8)13(15)16/h3-5H,1-2H3,(H2,11,14). The number of thioether (sulfide) groups is 1. The van der Waals surface area contributed by atoms with E-state index in [0.29, 0.717) is 9.22 Å². The van der Waals surface area contributed by atoms with Crippen LogP contribution in [0.5, 0.6) is 0 Å². The van der Waals surface area contributed by atoms with Crippen molar-refractivity contribution in [2.45, 2.75) is 4.90 Å². The van der Waals surface area contributed by atoms with Crippen molar-refractivity contribution in [2.75, 3.05) is 14.1 Å². The van der Waals surface area contributed by atoms with Crippen LogP contribution in [0.2, 0.25) is 0 Å². The van der Waals surface area contributed by atoms with E-state index in [1.165, 1.54) is 12.1 Å². The minimum absolute atomic E-state index is 0.0989. The molecule has 0 bridgehead atoms. The molecule has 0 aliphatic heterocycles. The number of amides is 1. The minimum Gasteiger partial charge on any atom is -0.366 e. The van der Waals surface area contributed by atoms with Gasteiger partial charge in [-0.25, -0.2) is 0 Å². The molecular weight excluding hydrogens is 274 g/mol. The third kappa shape index (κ3) is 3.41. The average Bonchev–Trinajstić information content (AvgIpc) is 2.28. The zero-order chi connectivity index (χ0) is 13.9. The number of nitro benzene ring substituents is 1. The Morgan fingerprint density at radius 2 is 2.11 bits per heavy atom. The normalized spacial score (nSPS) is 9.89. The van der Waals surface area contributed by atoms with Gasteiger partial charge in [-0.05, 0) is 12.1 Å². The number of carbonyl (C=O) groups is 1. The van der Waals surface area contributed by atoms with Gasteiger partial charge in [0.1, 0.15) is 4.32 Å². The predicted octanol–water partition coefficient (Wildman–Crippen LogP) is 1.63. The van der Waals surface area contributed by atoms with Gasteiger partial charge in [0.05, 0.1) is 9.82 Å². The number of thiocarbonyl (C=S) groups is 1. The van der Waals surface area contributed by atoms with Crippen LogP contribution in [0, 0.1) is 10.1 Å². The Bertz CT molecular complexity index is 517. The van der Waals surface area contributed by atoms with Crippen LogP contribution in [-0.4, -0.2) is 34.1 Å². The summed E-state index contributed by atoms with van der Waals surface area (Å²) in [5, 5.41) is 10.9. The van der Waals surface area contributed by atoms with Crippen LogP contribution in [0.15, 0.2) is 23.1 Å². The maximum absolute atomic E-state index is 11.0. The summed E-state index contributed by atoms with van der Waals surface area (Å²) >= 11 is 6.16. The van der Waals surface area contributed by atoms with Crippen molar-refractivity contribution in [1.29, 1.82) is 0 Å². The second-order valence-electron chi connectivity index (χ2n) is 3.57. The highest BCUT2D eigenvalue weighted by Crippen LogP contribution is 2.31. The van der Waals surface area contributed by atoms with Crippen LogP contribution in [-0.2, 0) is 0 Å². The number of hydrogen-bond acceptors (Lipinski definition) is 5. The molecule has 8 heteroatoms. The molecule has 1 rings (SSSR count). The quantitative estimate of drug-likeness (QED) is 0.393. The van der Waals surface area contributed by atoms with E-state index in [2.05, 4.69) is 0 Å². The van der Waals surface area contributed by atoms with Crippen molar-refractivity contribution in [2.24, 2.45) is 5.73 Å². The average molecular weight is 285 g/mol. The summed E-state index contributed by atoms with van der Waals surface area (Å²) in [4.78, 5) is 23.4. The molecule has 0 saturated carbocycles. The Labute approximate surface area is 113 Å². The second kappa shape index (κ2) is 5.78. The summed E-state index contributed by atoms with van der Waals surface area (Å²) in [6, 6.07) is 4.07. The first-order valence-electron chi connectivity index (χ1n) is 4.80. The number of carbonyl (C=O) groups excluding carboxylic acids is 1. The van der Waals surface area contributed by atoms with Crippen molar-refractivity contribution >= 4 is 39.9 Å². The fourth-order valence-corrected chi connectivity index (χ4v) is 2.10. The van der Waals surface area contributed by atoms with Gasteiger partial charge in [-0.15, -0.1) is 0 Å². The first-order chi connectivity index (χ1) is 8.32. The molecule has 0 fully saturated rings. The van der Waals surface area contributed by atoms with Crippen LogP contribution < -0.4 is 5.73 Å². The molecule has 0 unspecified atom stereocenters. The summed E-state index contributed by atoms with van der Waals surface area (Å²) in [7, 11) is 3.50. The van der Waals surface area contributed by atoms with E-state index in [1.807, 2.05) is 0 Å². The number of hydrogen-bond donors (Lipinski definition) is 1. The topological polar surface area (TPSA) is 89.5 Å². The van der Waals surface area contributed by atoms with Gasteiger partial charge in [0.25, 0.3) is 5.69 Å². The molecule has 1 aromatic rings. The first kappa shape index (κ1) is 14.4. The molecule has 0 atom stereocenters. The molecule has 1 aromatic carbocycles. The van der Waals surface area contributed by atoms with E-state index in [1.54, 1.807) is 19.0 Å². The van der Waals surface area contributed by atoms with Crippen LogP contribution >= 0.6 is 24.0 Å². The zero-order valence-electron chi connectivity index (χ0n) is 9.75. The van der Waals surface area contributed by atoms with E-state index in [9.17, 15) is 14.9 Å². The third-order valence-corrected chi connectivity index (χ3v) is 3.72. The molecule has 0 saturated heterocycles. The van der Waals surface area contributed by atoms with Gasteiger partial charge in [-0.1, -0.05) is 24.0 Å². The molecule has 0 aliphatic carbocycles. The van der Waals surface area contributed by atoms with Gasteiger partial charge in [0.2, 0.25) is 5.91 Å². The van der Waals surface area contributed by atoms with Crippen LogP contribution in [0.3, 0.4) is 0 Å². The monoisotopic (exact) mass is 285 g/mol. The van der Waals surface area contributed by atoms with Crippen LogP contribution in [0.1, 0.15) is 10.4 Å². The molecule has 0 radical (unpaired) electrons. The summed E-state index contributed by atoms with van der Waals surface area (Å²) < 4.78 is 0.491. The van der Waals surface area contributed by atoms with E-state index in [4.69, 9.17) is 18.0 Å². The lowest BCUT2D eigenvalue weighted by Gasteiger charge is -2.12. The Morgan fingerprint density at radius 3 is 2.56 bits per heavy atom. The van der Waals surface area contributed by atoms with Gasteiger partial charge in [0, 0.05) is 25.7 Å². The molecule has 1 amide bonds. The van der Waals surface area contributed by atoms with Crippen molar-refractivity contribution in [3.63, 3.8) is 0 Å². The van der Waals surface area contributed by atoms with Gasteiger partial charge in [0.15, 0.2) is 0 Å². The molecule has 96 valence electrons. The lowest BCUT2D eigenvalue weighted by atomic mass is 10.2. The third-order valence-electron chi connectivity index (χ3n) is 2.00. The summed E-state index contributed by atoms with van der Waals surface area (Å²) in [5.74, 6) is -0.704. The second-order valence-corrected chi connectivity index (χ2v) is 5.24. The van der Waals surface area contributed by atoms with E-state index in [-0.39, 0.29) is 11.3 Å². The highest BCUT2D eigenvalue weighted by Gasteiger charge is 2.18. The van der Waals surface area contributed by atoms with Crippen molar-refractivity contribution in [3.05, 3.63) is 33.9 Å². The Hall–Kier alpha value is -1.67. The van der Waals surface area contributed by atoms with E-state index >= 15 is 0 Å². The molecule has 18 heavy (non-hydrogen) atoms. The number of primary amides is 1. The van der Waals surface area contributed by atoms with E-state index in [0.717, 1.165) is 17.8 Å². The van der Waals surface area contributed by atoms with Gasteiger partial charge < -0.3 is 10.6 Å². The molecule has 0 aromatic heterocycles. The summed E-state index contributed by atoms with van der Waals surface area (Å²) in [6.45, 7) is 0. The number of rotatable bonds is 3. The molecule has 0 heterocycles. The molecular formula is C10H11N3O3S2. The number of benzene rings is 1. The highest BCUT2D eigenvalue weighted by molar-refractivity contribution is 8.23. The zero-order valence-corrected chi connectivity index (χ0v) is 11.4. The molecule has 0 aliphatic rings. The maximum atomic E-state index is 11.0. The molecule has 2 N–H and O–H groups in total. The van der Waals surface area contributed by atoms with Crippen LogP contribution in [0.25, 0.3) is 0 Å². The number of nitrogens with two attached hydrogens (primary N) is 1. The van der Waals surface area contributed by atoms with Crippen molar-refractivity contribution < 1.29 is 9.72 Å². The lowest BCUT2D eigenvalue weighted by Crippen LogP contribution is -2.16. The largest absolute Gasteiger partial charge is 0.366 e. The fraction of sp³-hybridized carbons (Fsp3) is 0.200.